The number of rotatable bonds is 5. The van der Waals surface area contributed by atoms with Gasteiger partial charge in [-0.05, 0) is 30.9 Å². The van der Waals surface area contributed by atoms with Crippen molar-refractivity contribution < 1.29 is 5.11 Å². The molecule has 1 aromatic rings. The molecule has 0 aromatic heterocycles. The molecule has 90 valence electrons. The highest BCUT2D eigenvalue weighted by Gasteiger charge is 2.27. The average molecular weight is 230 g/mol. The monoisotopic (exact) mass is 230 g/mol. The Kier molecular flexibility index (Phi) is 4.13. The molecule has 1 aliphatic rings. The van der Waals surface area contributed by atoms with Gasteiger partial charge in [-0.15, -0.1) is 0 Å². The lowest BCUT2D eigenvalue weighted by molar-refractivity contribution is 0.0419. The molecule has 1 saturated carbocycles. The Morgan fingerprint density at radius 2 is 2.06 bits per heavy atom. The minimum absolute atomic E-state index is 0.104. The van der Waals surface area contributed by atoms with Crippen molar-refractivity contribution in [2.45, 2.75) is 31.4 Å². The number of hydrogen-bond acceptors (Lipinski definition) is 3. The third-order valence-electron chi connectivity index (χ3n) is 3.36. The highest BCUT2D eigenvalue weighted by molar-refractivity contribution is 5.19. The summed E-state index contributed by atoms with van der Waals surface area (Å²) in [6.45, 7) is 0.887. The van der Waals surface area contributed by atoms with Crippen LogP contribution in [0.3, 0.4) is 0 Å². The van der Waals surface area contributed by atoms with E-state index in [2.05, 4.69) is 11.4 Å². The van der Waals surface area contributed by atoms with Gasteiger partial charge in [-0.1, -0.05) is 30.3 Å². The summed E-state index contributed by atoms with van der Waals surface area (Å²) in [4.78, 5) is 0. The Morgan fingerprint density at radius 3 is 2.65 bits per heavy atom. The highest BCUT2D eigenvalue weighted by atomic mass is 16.3. The SMILES string of the molecule is N#CCC(NCC1CC(O)C1)c1ccccc1. The molecule has 0 spiro atoms. The van der Waals surface area contributed by atoms with E-state index in [1.54, 1.807) is 0 Å². The van der Waals surface area contributed by atoms with Gasteiger partial charge in [-0.2, -0.15) is 5.26 Å². The van der Waals surface area contributed by atoms with E-state index in [0.717, 1.165) is 24.9 Å². The zero-order chi connectivity index (χ0) is 12.1. The number of nitrogens with one attached hydrogen (secondary N) is 1. The Bertz CT molecular complexity index is 379. The minimum Gasteiger partial charge on any atom is -0.393 e. The standard InChI is InChI=1S/C14H18N2O/c15-7-6-14(12-4-2-1-3-5-12)16-10-11-8-13(17)9-11/h1-5,11,13-14,16-17H,6,8-10H2. The first kappa shape index (κ1) is 12.1. The molecule has 2 rings (SSSR count). The molecule has 0 bridgehead atoms. The van der Waals surface area contributed by atoms with Crippen molar-refractivity contribution in [2.75, 3.05) is 6.54 Å². The van der Waals surface area contributed by atoms with Crippen molar-refractivity contribution in [3.63, 3.8) is 0 Å². The fourth-order valence-corrected chi connectivity index (χ4v) is 2.26. The number of aliphatic hydroxyl groups excluding tert-OH is 1. The van der Waals surface area contributed by atoms with E-state index in [0.29, 0.717) is 12.3 Å². The molecule has 0 radical (unpaired) electrons. The molecular formula is C14H18N2O. The predicted octanol–water partition coefficient (Wildman–Crippen LogP) is 2.00. The van der Waals surface area contributed by atoms with E-state index >= 15 is 0 Å². The van der Waals surface area contributed by atoms with Crippen LogP contribution in [0.2, 0.25) is 0 Å². The molecular weight excluding hydrogens is 212 g/mol. The van der Waals surface area contributed by atoms with Crippen LogP contribution in [0.4, 0.5) is 0 Å². The molecule has 1 unspecified atom stereocenters. The van der Waals surface area contributed by atoms with Crippen LogP contribution in [-0.2, 0) is 0 Å². The molecule has 3 heteroatoms. The van der Waals surface area contributed by atoms with E-state index in [-0.39, 0.29) is 12.1 Å². The van der Waals surface area contributed by atoms with Crippen LogP contribution in [-0.4, -0.2) is 17.8 Å². The number of nitrogens with zero attached hydrogens (tertiary/aromatic N) is 1. The smallest absolute Gasteiger partial charge is 0.0641 e. The second-order valence-corrected chi connectivity index (χ2v) is 4.73. The third-order valence-corrected chi connectivity index (χ3v) is 3.36. The Balaban J connectivity index is 1.87. The van der Waals surface area contributed by atoms with Gasteiger partial charge >= 0.3 is 0 Å². The van der Waals surface area contributed by atoms with Crippen LogP contribution in [0, 0.1) is 17.2 Å². The summed E-state index contributed by atoms with van der Waals surface area (Å²) >= 11 is 0. The first-order chi connectivity index (χ1) is 8.29. The van der Waals surface area contributed by atoms with Gasteiger partial charge in [0.2, 0.25) is 0 Å². The first-order valence-electron chi connectivity index (χ1n) is 6.13. The molecule has 0 amide bonds. The molecule has 0 aliphatic heterocycles. The molecule has 17 heavy (non-hydrogen) atoms. The normalized spacial score (nSPS) is 24.7. The number of benzene rings is 1. The number of aliphatic hydroxyl groups is 1. The summed E-state index contributed by atoms with van der Waals surface area (Å²) < 4.78 is 0. The van der Waals surface area contributed by atoms with Crippen LogP contribution in [0.15, 0.2) is 30.3 Å². The maximum Gasteiger partial charge on any atom is 0.0641 e. The van der Waals surface area contributed by atoms with Crippen LogP contribution < -0.4 is 5.32 Å². The van der Waals surface area contributed by atoms with E-state index in [9.17, 15) is 5.11 Å². The van der Waals surface area contributed by atoms with Crippen LogP contribution in [0.25, 0.3) is 0 Å². The Morgan fingerprint density at radius 1 is 1.35 bits per heavy atom. The number of hydrogen-bond donors (Lipinski definition) is 2. The van der Waals surface area contributed by atoms with Gasteiger partial charge in [-0.3, -0.25) is 0 Å². The molecule has 1 atom stereocenters. The van der Waals surface area contributed by atoms with Crippen molar-refractivity contribution in [3.05, 3.63) is 35.9 Å². The summed E-state index contributed by atoms with van der Waals surface area (Å²) in [7, 11) is 0. The maximum absolute atomic E-state index is 9.22. The lowest BCUT2D eigenvalue weighted by atomic mass is 9.82. The van der Waals surface area contributed by atoms with Gasteiger partial charge in [0.15, 0.2) is 0 Å². The fraction of sp³-hybridized carbons (Fsp3) is 0.500. The molecule has 1 aliphatic carbocycles. The highest BCUT2D eigenvalue weighted by Crippen LogP contribution is 2.27. The maximum atomic E-state index is 9.22. The van der Waals surface area contributed by atoms with E-state index < -0.39 is 0 Å². The second-order valence-electron chi connectivity index (χ2n) is 4.73. The quantitative estimate of drug-likeness (QED) is 0.813. The van der Waals surface area contributed by atoms with Gasteiger partial charge in [-0.25, -0.2) is 0 Å². The third kappa shape index (κ3) is 3.29. The van der Waals surface area contributed by atoms with Crippen molar-refractivity contribution in [1.29, 1.82) is 5.26 Å². The average Bonchev–Trinajstić information content (AvgIpc) is 2.32. The summed E-state index contributed by atoms with van der Waals surface area (Å²) in [6, 6.07) is 12.4. The van der Waals surface area contributed by atoms with E-state index in [1.807, 2.05) is 30.3 Å². The first-order valence-corrected chi connectivity index (χ1v) is 6.13. The Hall–Kier alpha value is -1.37. The van der Waals surface area contributed by atoms with Crippen molar-refractivity contribution in [3.8, 4) is 6.07 Å². The summed E-state index contributed by atoms with van der Waals surface area (Å²) in [5, 5.41) is 21.5. The molecule has 0 saturated heterocycles. The summed E-state index contributed by atoms with van der Waals surface area (Å²) in [6.07, 6.45) is 2.16. The van der Waals surface area contributed by atoms with Gasteiger partial charge < -0.3 is 10.4 Å². The minimum atomic E-state index is -0.104. The lowest BCUT2D eigenvalue weighted by Crippen LogP contribution is -2.37. The van der Waals surface area contributed by atoms with Gasteiger partial charge in [0, 0.05) is 6.04 Å². The van der Waals surface area contributed by atoms with Crippen LogP contribution in [0.5, 0.6) is 0 Å². The fourth-order valence-electron chi connectivity index (χ4n) is 2.26. The second kappa shape index (κ2) is 5.81. The molecule has 2 N–H and O–H groups in total. The summed E-state index contributed by atoms with van der Waals surface area (Å²) in [5.41, 5.74) is 1.16. The lowest BCUT2D eigenvalue weighted by Gasteiger charge is -2.32. The van der Waals surface area contributed by atoms with Crippen LogP contribution in [0.1, 0.15) is 30.9 Å². The van der Waals surface area contributed by atoms with Crippen molar-refractivity contribution >= 4 is 0 Å². The predicted molar refractivity (Wildman–Crippen MR) is 66.1 cm³/mol. The topological polar surface area (TPSA) is 56.0 Å². The van der Waals surface area contributed by atoms with Gasteiger partial charge in [0.05, 0.1) is 18.6 Å². The van der Waals surface area contributed by atoms with E-state index in [1.165, 1.54) is 0 Å². The zero-order valence-electron chi connectivity index (χ0n) is 9.84. The van der Waals surface area contributed by atoms with Crippen molar-refractivity contribution in [1.82, 2.24) is 5.32 Å². The van der Waals surface area contributed by atoms with E-state index in [4.69, 9.17) is 5.26 Å². The number of nitriles is 1. The van der Waals surface area contributed by atoms with Crippen molar-refractivity contribution in [2.24, 2.45) is 5.92 Å². The molecule has 1 aromatic carbocycles. The molecule has 1 fully saturated rings. The molecule has 3 nitrogen and oxygen atoms in total. The van der Waals surface area contributed by atoms with Gasteiger partial charge in [0.1, 0.15) is 0 Å². The van der Waals surface area contributed by atoms with Crippen LogP contribution >= 0.6 is 0 Å². The Labute approximate surface area is 102 Å². The van der Waals surface area contributed by atoms with Gasteiger partial charge in [0.25, 0.3) is 0 Å². The zero-order valence-corrected chi connectivity index (χ0v) is 9.84. The summed E-state index contributed by atoms with van der Waals surface area (Å²) in [5.74, 6) is 0.565. The largest absolute Gasteiger partial charge is 0.393 e. The molecule has 0 heterocycles.